The lowest BCUT2D eigenvalue weighted by Gasteiger charge is -2.34. The van der Waals surface area contributed by atoms with Gasteiger partial charge in [0.2, 0.25) is 0 Å². The first kappa shape index (κ1) is 15.5. The number of rotatable bonds is 3. The molecule has 0 atom stereocenters. The van der Waals surface area contributed by atoms with Crippen LogP contribution >= 0.6 is 0 Å². The fourth-order valence-corrected chi connectivity index (χ4v) is 1.86. The molecule has 1 fully saturated rings. The predicted octanol–water partition coefficient (Wildman–Crippen LogP) is 0.478. The van der Waals surface area contributed by atoms with Gasteiger partial charge < -0.3 is 20.6 Å². The Hall–Kier alpha value is -1.51. The van der Waals surface area contributed by atoms with E-state index in [2.05, 4.69) is 0 Å². The number of halogens is 3. The molecule has 1 saturated heterocycles. The van der Waals surface area contributed by atoms with E-state index >= 15 is 0 Å². The molecule has 6 nitrogen and oxygen atoms in total. The summed E-state index contributed by atoms with van der Waals surface area (Å²) in [4.78, 5) is 23.9. The van der Waals surface area contributed by atoms with Gasteiger partial charge >= 0.3 is 18.2 Å². The molecular weight excluding hydrogens is 267 g/mol. The molecule has 0 spiro atoms. The summed E-state index contributed by atoms with van der Waals surface area (Å²) in [5.74, 6) is -1.48. The zero-order valence-corrected chi connectivity index (χ0v) is 10.2. The van der Waals surface area contributed by atoms with E-state index in [0.717, 1.165) is 0 Å². The van der Waals surface area contributed by atoms with Crippen molar-refractivity contribution in [1.82, 2.24) is 9.80 Å². The SMILES string of the molecule is NC1CCN(C(=O)N(CC(=O)O)CC(F)(F)F)CC1. The van der Waals surface area contributed by atoms with Crippen molar-refractivity contribution in [1.29, 1.82) is 0 Å². The number of piperidine rings is 1. The van der Waals surface area contributed by atoms with Crippen LogP contribution in [0.1, 0.15) is 12.8 Å². The first-order chi connectivity index (χ1) is 8.69. The quantitative estimate of drug-likeness (QED) is 0.788. The molecule has 0 saturated carbocycles. The number of amides is 2. The van der Waals surface area contributed by atoms with Crippen LogP contribution in [0.4, 0.5) is 18.0 Å². The number of hydrogen-bond donors (Lipinski definition) is 2. The van der Waals surface area contributed by atoms with Crippen LogP contribution in [0.5, 0.6) is 0 Å². The molecule has 0 aromatic rings. The lowest BCUT2D eigenvalue weighted by atomic mass is 10.1. The van der Waals surface area contributed by atoms with Gasteiger partial charge in [0.15, 0.2) is 0 Å². The summed E-state index contributed by atoms with van der Waals surface area (Å²) >= 11 is 0. The summed E-state index contributed by atoms with van der Waals surface area (Å²) < 4.78 is 37.0. The van der Waals surface area contributed by atoms with Crippen molar-refractivity contribution in [2.75, 3.05) is 26.2 Å². The molecule has 9 heteroatoms. The third-order valence-corrected chi connectivity index (χ3v) is 2.78. The lowest BCUT2D eigenvalue weighted by Crippen LogP contribution is -2.52. The standard InChI is InChI=1S/C10H16F3N3O3/c11-10(12,13)6-16(5-8(17)18)9(19)15-3-1-7(14)2-4-15/h7H,1-6,14H2,(H,17,18). The van der Waals surface area contributed by atoms with Gasteiger partial charge in [0.05, 0.1) is 0 Å². The van der Waals surface area contributed by atoms with Crippen molar-refractivity contribution in [2.45, 2.75) is 25.1 Å². The van der Waals surface area contributed by atoms with Crippen LogP contribution in [0.3, 0.4) is 0 Å². The molecule has 0 unspecified atom stereocenters. The van der Waals surface area contributed by atoms with E-state index in [4.69, 9.17) is 10.8 Å². The molecule has 0 radical (unpaired) electrons. The molecule has 2 amide bonds. The first-order valence-corrected chi connectivity index (χ1v) is 5.77. The second-order valence-electron chi connectivity index (χ2n) is 4.47. The molecule has 0 aliphatic carbocycles. The fourth-order valence-electron chi connectivity index (χ4n) is 1.86. The van der Waals surface area contributed by atoms with Crippen LogP contribution in [0.2, 0.25) is 0 Å². The number of hydrogen-bond acceptors (Lipinski definition) is 3. The number of alkyl halides is 3. The molecule has 3 N–H and O–H groups in total. The Balaban J connectivity index is 2.68. The monoisotopic (exact) mass is 283 g/mol. The van der Waals surface area contributed by atoms with Crippen molar-refractivity contribution in [3.05, 3.63) is 0 Å². The molecule has 0 bridgehead atoms. The number of carboxylic acid groups (broad SMARTS) is 1. The number of nitrogens with zero attached hydrogens (tertiary/aromatic N) is 2. The van der Waals surface area contributed by atoms with Gasteiger partial charge in [0, 0.05) is 19.1 Å². The minimum atomic E-state index is -4.63. The number of carbonyl (C=O) groups is 2. The average molecular weight is 283 g/mol. The zero-order valence-electron chi connectivity index (χ0n) is 10.2. The number of likely N-dealkylation sites (tertiary alicyclic amines) is 1. The summed E-state index contributed by atoms with van der Waals surface area (Å²) in [6.45, 7) is -2.05. The highest BCUT2D eigenvalue weighted by Gasteiger charge is 2.36. The van der Waals surface area contributed by atoms with Gasteiger partial charge in [-0.2, -0.15) is 13.2 Å². The highest BCUT2D eigenvalue weighted by molar-refractivity contribution is 5.80. The summed E-state index contributed by atoms with van der Waals surface area (Å²) in [5, 5.41) is 8.57. The van der Waals surface area contributed by atoms with E-state index in [9.17, 15) is 22.8 Å². The third-order valence-electron chi connectivity index (χ3n) is 2.78. The predicted molar refractivity (Wildman–Crippen MR) is 59.4 cm³/mol. The minimum absolute atomic E-state index is 0.0698. The number of carbonyl (C=O) groups excluding carboxylic acids is 1. The second kappa shape index (κ2) is 6.09. The molecule has 1 rings (SSSR count). The number of nitrogens with two attached hydrogens (primary N) is 1. The van der Waals surface area contributed by atoms with E-state index in [1.54, 1.807) is 0 Å². The van der Waals surface area contributed by atoms with E-state index in [1.807, 2.05) is 0 Å². The highest BCUT2D eigenvalue weighted by atomic mass is 19.4. The summed E-state index contributed by atoms with van der Waals surface area (Å²) in [6, 6.07) is -0.980. The molecule has 19 heavy (non-hydrogen) atoms. The lowest BCUT2D eigenvalue weighted by molar-refractivity contribution is -0.149. The topological polar surface area (TPSA) is 86.9 Å². The normalized spacial score (nSPS) is 17.4. The average Bonchev–Trinajstić information content (AvgIpc) is 2.25. The Morgan fingerprint density at radius 2 is 1.84 bits per heavy atom. The maximum atomic E-state index is 12.3. The van der Waals surface area contributed by atoms with Crippen LogP contribution in [-0.2, 0) is 4.79 Å². The smallest absolute Gasteiger partial charge is 0.406 e. The van der Waals surface area contributed by atoms with E-state index in [0.29, 0.717) is 17.7 Å². The third kappa shape index (κ3) is 5.33. The van der Waals surface area contributed by atoms with Crippen molar-refractivity contribution in [2.24, 2.45) is 5.73 Å². The number of carboxylic acids is 1. The Kier molecular flexibility index (Phi) is 4.98. The van der Waals surface area contributed by atoms with E-state index in [-0.39, 0.29) is 19.1 Å². The Labute approximate surface area is 107 Å². The van der Waals surface area contributed by atoms with Crippen molar-refractivity contribution in [3.8, 4) is 0 Å². The van der Waals surface area contributed by atoms with Crippen LogP contribution < -0.4 is 5.73 Å². The van der Waals surface area contributed by atoms with Gasteiger partial charge in [-0.1, -0.05) is 0 Å². The number of urea groups is 1. The van der Waals surface area contributed by atoms with Gasteiger partial charge in [-0.25, -0.2) is 4.79 Å². The fraction of sp³-hybridized carbons (Fsp3) is 0.800. The van der Waals surface area contributed by atoms with Gasteiger partial charge in [0.25, 0.3) is 0 Å². The Bertz CT molecular complexity index is 341. The molecule has 1 aliphatic heterocycles. The van der Waals surface area contributed by atoms with Crippen molar-refractivity contribution in [3.63, 3.8) is 0 Å². The maximum Gasteiger partial charge on any atom is 0.406 e. The minimum Gasteiger partial charge on any atom is -0.480 e. The van der Waals surface area contributed by atoms with Gasteiger partial charge in [-0.15, -0.1) is 0 Å². The summed E-state index contributed by atoms with van der Waals surface area (Å²) in [7, 11) is 0. The largest absolute Gasteiger partial charge is 0.480 e. The van der Waals surface area contributed by atoms with Crippen LogP contribution in [-0.4, -0.2) is 65.3 Å². The molecule has 0 aromatic carbocycles. The highest BCUT2D eigenvalue weighted by Crippen LogP contribution is 2.18. The maximum absolute atomic E-state index is 12.3. The summed E-state index contributed by atoms with van der Waals surface area (Å²) in [6.07, 6.45) is -3.63. The number of aliphatic carboxylic acids is 1. The van der Waals surface area contributed by atoms with Gasteiger partial charge in [-0.05, 0) is 12.8 Å². The molecule has 0 aromatic heterocycles. The first-order valence-electron chi connectivity index (χ1n) is 5.77. The van der Waals surface area contributed by atoms with E-state index in [1.165, 1.54) is 4.90 Å². The molecule has 1 heterocycles. The van der Waals surface area contributed by atoms with Crippen molar-refractivity contribution < 1.29 is 27.9 Å². The van der Waals surface area contributed by atoms with Crippen LogP contribution in [0.25, 0.3) is 0 Å². The Morgan fingerprint density at radius 1 is 1.32 bits per heavy atom. The van der Waals surface area contributed by atoms with E-state index < -0.39 is 31.3 Å². The summed E-state index contributed by atoms with van der Waals surface area (Å²) in [5.41, 5.74) is 5.63. The second-order valence-corrected chi connectivity index (χ2v) is 4.47. The Morgan fingerprint density at radius 3 is 2.26 bits per heavy atom. The van der Waals surface area contributed by atoms with Gasteiger partial charge in [0.1, 0.15) is 13.1 Å². The van der Waals surface area contributed by atoms with Gasteiger partial charge in [-0.3, -0.25) is 4.79 Å². The zero-order chi connectivity index (χ0) is 14.6. The van der Waals surface area contributed by atoms with Crippen LogP contribution in [0.15, 0.2) is 0 Å². The molecule has 110 valence electrons. The molecular formula is C10H16F3N3O3. The van der Waals surface area contributed by atoms with Crippen molar-refractivity contribution >= 4 is 12.0 Å². The van der Waals surface area contributed by atoms with Crippen LogP contribution in [0, 0.1) is 0 Å². The molecule has 1 aliphatic rings.